The normalized spacial score (nSPS) is 18.5. The van der Waals surface area contributed by atoms with Gasteiger partial charge in [0.2, 0.25) is 0 Å². The van der Waals surface area contributed by atoms with Crippen molar-refractivity contribution in [3.05, 3.63) is 143 Å². The van der Waals surface area contributed by atoms with Crippen molar-refractivity contribution in [3.8, 4) is 0 Å². The number of aromatic nitrogens is 1. The van der Waals surface area contributed by atoms with E-state index in [2.05, 4.69) is 0 Å². The maximum atomic E-state index is 13.8. The van der Waals surface area contributed by atoms with E-state index < -0.39 is 0 Å². The Hall–Kier alpha value is -3.61. The number of thiazole rings is 1. The quantitative estimate of drug-likeness (QED) is 0.301. The van der Waals surface area contributed by atoms with Crippen LogP contribution in [0.15, 0.2) is 99.4 Å². The summed E-state index contributed by atoms with van der Waals surface area (Å²) in [5.74, 6) is -0.606. The molecular weight excluding hydrogens is 510 g/mol. The van der Waals surface area contributed by atoms with Gasteiger partial charge < -0.3 is 0 Å². The van der Waals surface area contributed by atoms with Crippen molar-refractivity contribution < 1.29 is 8.78 Å². The van der Waals surface area contributed by atoms with Crippen LogP contribution in [0.4, 0.5) is 8.78 Å². The molecular formula is C30H21ClF2N2OS. The maximum Gasteiger partial charge on any atom is 0.271 e. The second-order valence-corrected chi connectivity index (χ2v) is 10.6. The highest BCUT2D eigenvalue weighted by Gasteiger charge is 2.32. The largest absolute Gasteiger partial charge is 0.272 e. The Kier molecular flexibility index (Phi) is 6.22. The molecule has 7 heteroatoms. The van der Waals surface area contributed by atoms with Crippen LogP contribution in [0.3, 0.4) is 0 Å². The van der Waals surface area contributed by atoms with Gasteiger partial charge in [0.25, 0.3) is 5.56 Å². The van der Waals surface area contributed by atoms with Crippen LogP contribution in [0.25, 0.3) is 12.2 Å². The zero-order valence-corrected chi connectivity index (χ0v) is 21.2. The van der Waals surface area contributed by atoms with E-state index in [9.17, 15) is 13.6 Å². The third-order valence-electron chi connectivity index (χ3n) is 6.70. The Morgan fingerprint density at radius 2 is 1.49 bits per heavy atom. The van der Waals surface area contributed by atoms with Gasteiger partial charge in [0.1, 0.15) is 11.6 Å². The van der Waals surface area contributed by atoms with Gasteiger partial charge in [-0.15, -0.1) is 0 Å². The van der Waals surface area contributed by atoms with Crippen molar-refractivity contribution in [2.45, 2.75) is 25.3 Å². The Balaban J connectivity index is 1.57. The van der Waals surface area contributed by atoms with Crippen LogP contribution in [0.1, 0.15) is 42.0 Å². The standard InChI is InChI=1S/C30H21ClF2N2OS/c31-22-10-4-19(5-11-22)17-26-29(36)35-28(20-8-14-24(33)15-9-20)25-3-1-2-21(27(25)34-30(35)37-26)16-18-6-12-23(32)13-7-18/h4-17,28H,1-3H2/b21-16+,26-17+/t28-/m0/s1. The topological polar surface area (TPSA) is 34.4 Å². The molecule has 4 aromatic rings. The van der Waals surface area contributed by atoms with Gasteiger partial charge in [0, 0.05) is 5.02 Å². The number of hydrogen-bond acceptors (Lipinski definition) is 3. The molecule has 1 aromatic heterocycles. The lowest BCUT2D eigenvalue weighted by atomic mass is 9.84. The van der Waals surface area contributed by atoms with Crippen molar-refractivity contribution in [3.63, 3.8) is 0 Å². The molecule has 37 heavy (non-hydrogen) atoms. The van der Waals surface area contributed by atoms with Crippen LogP contribution < -0.4 is 14.9 Å². The van der Waals surface area contributed by atoms with E-state index in [1.807, 2.05) is 24.3 Å². The number of halogens is 3. The molecule has 6 rings (SSSR count). The number of nitrogens with zero attached hydrogens (tertiary/aromatic N) is 2. The van der Waals surface area contributed by atoms with E-state index in [0.29, 0.717) is 14.4 Å². The number of hydrogen-bond donors (Lipinski definition) is 0. The molecule has 0 bridgehead atoms. The van der Waals surface area contributed by atoms with E-state index in [-0.39, 0.29) is 23.2 Å². The van der Waals surface area contributed by atoms with Crippen LogP contribution in [0, 0.1) is 11.6 Å². The summed E-state index contributed by atoms with van der Waals surface area (Å²) < 4.78 is 29.6. The highest BCUT2D eigenvalue weighted by molar-refractivity contribution is 7.07. The molecule has 0 saturated carbocycles. The minimum atomic E-state index is -0.379. The van der Waals surface area contributed by atoms with Gasteiger partial charge in [0.05, 0.1) is 16.3 Å². The fourth-order valence-corrected chi connectivity index (χ4v) is 6.10. The second-order valence-electron chi connectivity index (χ2n) is 9.13. The first-order valence-corrected chi connectivity index (χ1v) is 13.2. The van der Waals surface area contributed by atoms with Gasteiger partial charge in [0.15, 0.2) is 4.80 Å². The van der Waals surface area contributed by atoms with Crippen LogP contribution >= 0.6 is 22.9 Å². The number of benzene rings is 3. The van der Waals surface area contributed by atoms with Gasteiger partial charge in [-0.3, -0.25) is 9.36 Å². The fraction of sp³-hybridized carbons (Fsp3) is 0.133. The minimum absolute atomic E-state index is 0.130. The first-order valence-electron chi connectivity index (χ1n) is 12.0. The lowest BCUT2D eigenvalue weighted by molar-refractivity contribution is 0.551. The summed E-state index contributed by atoms with van der Waals surface area (Å²) in [5.41, 5.74) is 5.43. The average molecular weight is 531 g/mol. The van der Waals surface area contributed by atoms with Gasteiger partial charge >= 0.3 is 0 Å². The Bertz CT molecular complexity index is 1730. The molecule has 1 aliphatic heterocycles. The molecule has 3 nitrogen and oxygen atoms in total. The first-order chi connectivity index (χ1) is 18.0. The SMILES string of the molecule is O=c1/c(=C\c2ccc(Cl)cc2)sc2n1[C@@H](c1ccc(F)cc1)C1=C(N=2)/C(=C/c2ccc(F)cc2)CCC1. The molecule has 0 fully saturated rings. The molecule has 0 amide bonds. The molecule has 2 aliphatic rings. The summed E-state index contributed by atoms with van der Waals surface area (Å²) in [6.45, 7) is 0. The Labute approximate surface area is 221 Å². The van der Waals surface area contributed by atoms with Crippen LogP contribution in [-0.4, -0.2) is 4.57 Å². The second kappa shape index (κ2) is 9.69. The summed E-state index contributed by atoms with van der Waals surface area (Å²) in [7, 11) is 0. The molecule has 184 valence electrons. The van der Waals surface area contributed by atoms with Crippen molar-refractivity contribution >= 4 is 35.1 Å². The third-order valence-corrected chi connectivity index (χ3v) is 7.93. The third kappa shape index (κ3) is 4.63. The highest BCUT2D eigenvalue weighted by Crippen LogP contribution is 2.41. The van der Waals surface area contributed by atoms with Crippen molar-refractivity contribution in [2.75, 3.05) is 0 Å². The van der Waals surface area contributed by atoms with E-state index in [1.54, 1.807) is 41.0 Å². The van der Waals surface area contributed by atoms with E-state index in [4.69, 9.17) is 16.6 Å². The van der Waals surface area contributed by atoms with Crippen molar-refractivity contribution in [1.29, 1.82) is 0 Å². The number of rotatable bonds is 3. The van der Waals surface area contributed by atoms with Crippen LogP contribution in [-0.2, 0) is 0 Å². The summed E-state index contributed by atoms with van der Waals surface area (Å²) in [5, 5.41) is 0.628. The van der Waals surface area contributed by atoms with E-state index in [0.717, 1.165) is 52.8 Å². The number of fused-ring (bicyclic) bond motifs is 1. The molecule has 1 aliphatic carbocycles. The van der Waals surface area contributed by atoms with Gasteiger partial charge in [-0.1, -0.05) is 59.3 Å². The van der Waals surface area contributed by atoms with Crippen molar-refractivity contribution in [2.24, 2.45) is 4.99 Å². The van der Waals surface area contributed by atoms with Crippen LogP contribution in [0.2, 0.25) is 5.02 Å². The maximum absolute atomic E-state index is 13.8. The van der Waals surface area contributed by atoms with E-state index in [1.165, 1.54) is 35.6 Å². The van der Waals surface area contributed by atoms with Crippen LogP contribution in [0.5, 0.6) is 0 Å². The van der Waals surface area contributed by atoms with Crippen molar-refractivity contribution in [1.82, 2.24) is 4.57 Å². The van der Waals surface area contributed by atoms with Gasteiger partial charge in [-0.25, -0.2) is 13.8 Å². The molecule has 2 heterocycles. The molecule has 0 saturated heterocycles. The molecule has 0 radical (unpaired) electrons. The zero-order chi connectivity index (χ0) is 25.5. The predicted octanol–water partition coefficient (Wildman–Crippen LogP) is 6.41. The minimum Gasteiger partial charge on any atom is -0.272 e. The summed E-state index contributed by atoms with van der Waals surface area (Å²) in [6, 6.07) is 19.7. The smallest absolute Gasteiger partial charge is 0.271 e. The monoisotopic (exact) mass is 530 g/mol. The lowest BCUT2D eigenvalue weighted by Crippen LogP contribution is -2.39. The molecule has 0 N–H and O–H groups in total. The van der Waals surface area contributed by atoms with Gasteiger partial charge in [-0.2, -0.15) is 0 Å². The molecule has 3 aromatic carbocycles. The zero-order valence-electron chi connectivity index (χ0n) is 19.6. The van der Waals surface area contributed by atoms with E-state index >= 15 is 0 Å². The molecule has 0 unspecified atom stereocenters. The molecule has 1 atom stereocenters. The first kappa shape index (κ1) is 23.8. The number of allylic oxidation sites excluding steroid dienone is 2. The molecule has 0 spiro atoms. The predicted molar refractivity (Wildman–Crippen MR) is 144 cm³/mol. The summed E-state index contributed by atoms with van der Waals surface area (Å²) in [6.07, 6.45) is 6.40. The lowest BCUT2D eigenvalue weighted by Gasteiger charge is -2.31. The Morgan fingerprint density at radius 1 is 0.865 bits per heavy atom. The average Bonchev–Trinajstić information content (AvgIpc) is 3.21. The summed E-state index contributed by atoms with van der Waals surface area (Å²) in [4.78, 5) is 19.3. The summed E-state index contributed by atoms with van der Waals surface area (Å²) >= 11 is 7.37. The Morgan fingerprint density at radius 3 is 2.19 bits per heavy atom. The van der Waals surface area contributed by atoms with Gasteiger partial charge in [-0.05, 0) is 95.6 Å². The highest BCUT2D eigenvalue weighted by atomic mass is 35.5. The fourth-order valence-electron chi connectivity index (χ4n) is 4.97.